The third-order valence-electron chi connectivity index (χ3n) is 5.04. The largest absolute Gasteiger partial charge is 0.405 e. The Labute approximate surface area is 167 Å². The van der Waals surface area contributed by atoms with Crippen LogP contribution in [0.4, 0.5) is 23.2 Å². The zero-order chi connectivity index (χ0) is 19.8. The number of carbonyl (C=O) groups is 2. The van der Waals surface area contributed by atoms with E-state index in [1.807, 2.05) is 22.6 Å². The molecule has 0 atom stereocenters. The summed E-state index contributed by atoms with van der Waals surface area (Å²) in [6.45, 7) is -0.853. The second-order valence-corrected chi connectivity index (χ2v) is 7.43. The Morgan fingerprint density at radius 3 is 2.56 bits per heavy atom. The van der Waals surface area contributed by atoms with E-state index in [1.165, 1.54) is 17.0 Å². The number of fused-ring (bicyclic) bond motifs is 2. The van der Waals surface area contributed by atoms with Crippen LogP contribution in [-0.4, -0.2) is 44.2 Å². The topological polar surface area (TPSA) is 61.4 Å². The van der Waals surface area contributed by atoms with Crippen molar-refractivity contribution in [1.82, 2.24) is 10.6 Å². The summed E-state index contributed by atoms with van der Waals surface area (Å²) in [5, 5.41) is 4.95. The smallest absolute Gasteiger partial charge is 0.345 e. The van der Waals surface area contributed by atoms with Crippen LogP contribution in [0.15, 0.2) is 12.1 Å². The van der Waals surface area contributed by atoms with E-state index in [0.29, 0.717) is 47.2 Å². The van der Waals surface area contributed by atoms with Gasteiger partial charge in [0.1, 0.15) is 18.9 Å². The van der Waals surface area contributed by atoms with Gasteiger partial charge >= 0.3 is 6.18 Å². The SMILES string of the molecule is O=C(CN1C(=O)C2(CCNCC2)c2c1ccc(F)c2CI)NCC(F)(F)F. The number of hydrogen-bond acceptors (Lipinski definition) is 3. The molecule has 2 aliphatic rings. The normalized spacial score (nSPS) is 18.7. The van der Waals surface area contributed by atoms with Gasteiger partial charge in [0.05, 0.1) is 5.41 Å². The predicted molar refractivity (Wildman–Crippen MR) is 99.3 cm³/mol. The maximum Gasteiger partial charge on any atom is 0.405 e. The van der Waals surface area contributed by atoms with Gasteiger partial charge in [0.15, 0.2) is 0 Å². The molecule has 0 bridgehead atoms. The van der Waals surface area contributed by atoms with Crippen molar-refractivity contribution in [1.29, 1.82) is 0 Å². The van der Waals surface area contributed by atoms with Crippen LogP contribution in [0.3, 0.4) is 0 Å². The summed E-state index contributed by atoms with van der Waals surface area (Å²) in [6.07, 6.45) is -3.63. The quantitative estimate of drug-likeness (QED) is 0.380. The Morgan fingerprint density at radius 1 is 1.30 bits per heavy atom. The van der Waals surface area contributed by atoms with Crippen molar-refractivity contribution in [3.63, 3.8) is 0 Å². The van der Waals surface area contributed by atoms with Crippen LogP contribution >= 0.6 is 22.6 Å². The lowest BCUT2D eigenvalue weighted by atomic mass is 9.72. The van der Waals surface area contributed by atoms with Gasteiger partial charge in [-0.3, -0.25) is 9.59 Å². The number of benzene rings is 1. The molecule has 0 radical (unpaired) electrons. The molecule has 0 saturated carbocycles. The maximum atomic E-state index is 14.4. The molecule has 2 heterocycles. The summed E-state index contributed by atoms with van der Waals surface area (Å²) in [7, 11) is 0. The molecule has 1 aromatic rings. The zero-order valence-electron chi connectivity index (χ0n) is 14.3. The monoisotopic (exact) mass is 499 g/mol. The highest BCUT2D eigenvalue weighted by atomic mass is 127. The first-order valence-corrected chi connectivity index (χ1v) is 9.96. The van der Waals surface area contributed by atoms with Crippen molar-refractivity contribution >= 4 is 40.1 Å². The number of hydrogen-bond donors (Lipinski definition) is 2. The van der Waals surface area contributed by atoms with Crippen molar-refractivity contribution in [2.75, 3.05) is 31.1 Å². The van der Waals surface area contributed by atoms with E-state index in [9.17, 15) is 27.2 Å². The van der Waals surface area contributed by atoms with Crippen molar-refractivity contribution < 1.29 is 27.2 Å². The number of piperidine rings is 1. The fraction of sp³-hybridized carbons (Fsp3) is 0.529. The van der Waals surface area contributed by atoms with Crippen molar-refractivity contribution in [3.05, 3.63) is 29.1 Å². The first kappa shape index (κ1) is 20.3. The zero-order valence-corrected chi connectivity index (χ0v) is 16.4. The molecule has 2 N–H and O–H groups in total. The fourth-order valence-electron chi connectivity index (χ4n) is 3.85. The van der Waals surface area contributed by atoms with Crippen LogP contribution in [0, 0.1) is 5.82 Å². The second-order valence-electron chi connectivity index (χ2n) is 6.67. The summed E-state index contributed by atoms with van der Waals surface area (Å²) in [4.78, 5) is 26.4. The lowest BCUT2D eigenvalue weighted by Gasteiger charge is -2.34. The minimum Gasteiger partial charge on any atom is -0.345 e. The molecule has 5 nitrogen and oxygen atoms in total. The predicted octanol–water partition coefficient (Wildman–Crippen LogP) is 2.41. The molecule has 0 aromatic heterocycles. The molecular formula is C17H18F4IN3O2. The second kappa shape index (κ2) is 7.53. The first-order chi connectivity index (χ1) is 12.7. The molecule has 1 aromatic carbocycles. The molecule has 27 heavy (non-hydrogen) atoms. The molecule has 1 saturated heterocycles. The molecule has 0 aliphatic carbocycles. The first-order valence-electron chi connectivity index (χ1n) is 8.43. The van der Waals surface area contributed by atoms with Crippen LogP contribution in [0.1, 0.15) is 24.0 Å². The highest BCUT2D eigenvalue weighted by Gasteiger charge is 2.53. The number of amides is 2. The number of rotatable bonds is 4. The summed E-state index contributed by atoms with van der Waals surface area (Å²) >= 11 is 2.02. The number of halogens is 5. The van der Waals surface area contributed by atoms with E-state index in [1.54, 1.807) is 5.32 Å². The van der Waals surface area contributed by atoms with E-state index in [2.05, 4.69) is 5.32 Å². The number of alkyl halides is 4. The molecule has 10 heteroatoms. The highest BCUT2D eigenvalue weighted by molar-refractivity contribution is 14.1. The van der Waals surface area contributed by atoms with Gasteiger partial charge in [-0.05, 0) is 43.6 Å². The molecule has 148 valence electrons. The summed E-state index contributed by atoms with van der Waals surface area (Å²) in [6, 6.07) is 2.67. The standard InChI is InChI=1S/C17H18F4IN3O2/c18-11-1-2-12-14(10(11)7-22)16(3-5-23-6-4-16)15(27)25(12)8-13(26)24-9-17(19,20)21/h1-2,23H,3-9H2,(H,24,26). The van der Waals surface area contributed by atoms with Crippen LogP contribution in [-0.2, 0) is 19.4 Å². The highest BCUT2D eigenvalue weighted by Crippen LogP contribution is 2.49. The summed E-state index contributed by atoms with van der Waals surface area (Å²) in [5.74, 6) is -1.67. The van der Waals surface area contributed by atoms with E-state index in [4.69, 9.17) is 0 Å². The Hall–Kier alpha value is -1.43. The molecule has 1 spiro atoms. The van der Waals surface area contributed by atoms with Gasteiger partial charge in [0, 0.05) is 15.7 Å². The van der Waals surface area contributed by atoms with Crippen molar-refractivity contribution in [2.45, 2.75) is 28.9 Å². The lowest BCUT2D eigenvalue weighted by Crippen LogP contribution is -2.50. The Bertz CT molecular complexity index is 763. The van der Waals surface area contributed by atoms with Gasteiger partial charge in [-0.2, -0.15) is 13.2 Å². The number of carbonyl (C=O) groups excluding carboxylic acids is 2. The molecule has 1 fully saturated rings. The fourth-order valence-corrected chi connectivity index (χ4v) is 4.59. The van der Waals surface area contributed by atoms with Gasteiger partial charge in [-0.1, -0.05) is 22.6 Å². The van der Waals surface area contributed by atoms with Crippen LogP contribution in [0.2, 0.25) is 0 Å². The third kappa shape index (κ3) is 3.78. The van der Waals surface area contributed by atoms with E-state index >= 15 is 0 Å². The van der Waals surface area contributed by atoms with E-state index < -0.39 is 36.4 Å². The summed E-state index contributed by atoms with van der Waals surface area (Å²) < 4.78 is 51.7. The molecule has 2 aliphatic heterocycles. The Morgan fingerprint density at radius 2 is 1.96 bits per heavy atom. The van der Waals surface area contributed by atoms with Crippen LogP contribution in [0.25, 0.3) is 0 Å². The van der Waals surface area contributed by atoms with Gasteiger partial charge in [-0.25, -0.2) is 4.39 Å². The van der Waals surface area contributed by atoms with Gasteiger partial charge in [0.2, 0.25) is 11.8 Å². The molecule has 0 unspecified atom stereocenters. The van der Waals surface area contributed by atoms with Crippen molar-refractivity contribution in [2.24, 2.45) is 0 Å². The third-order valence-corrected chi connectivity index (χ3v) is 5.80. The average Bonchev–Trinajstić information content (AvgIpc) is 2.83. The minimum atomic E-state index is -4.53. The van der Waals surface area contributed by atoms with Crippen LogP contribution < -0.4 is 15.5 Å². The minimum absolute atomic E-state index is 0.349. The Balaban J connectivity index is 1.96. The average molecular weight is 499 g/mol. The number of nitrogens with one attached hydrogen (secondary N) is 2. The number of anilines is 1. The van der Waals surface area contributed by atoms with E-state index in [-0.39, 0.29) is 5.91 Å². The summed E-state index contributed by atoms with van der Waals surface area (Å²) in [5.41, 5.74) is 0.471. The lowest BCUT2D eigenvalue weighted by molar-refractivity contribution is -0.138. The van der Waals surface area contributed by atoms with Gasteiger partial charge < -0.3 is 15.5 Å². The van der Waals surface area contributed by atoms with Gasteiger partial charge in [-0.15, -0.1) is 0 Å². The van der Waals surface area contributed by atoms with Crippen LogP contribution in [0.5, 0.6) is 0 Å². The maximum absolute atomic E-state index is 14.4. The molecular weight excluding hydrogens is 481 g/mol. The van der Waals surface area contributed by atoms with Gasteiger partial charge in [0.25, 0.3) is 0 Å². The van der Waals surface area contributed by atoms with Crippen molar-refractivity contribution in [3.8, 4) is 0 Å². The Kier molecular flexibility index (Phi) is 5.67. The number of nitrogens with zero attached hydrogens (tertiary/aromatic N) is 1. The van der Waals surface area contributed by atoms with E-state index in [0.717, 1.165) is 0 Å². The molecule has 2 amide bonds. The molecule has 3 rings (SSSR count).